The van der Waals surface area contributed by atoms with Gasteiger partial charge >= 0.3 is 6.03 Å². The number of carbonyl (C=O) groups is 1. The zero-order valence-corrected chi connectivity index (χ0v) is 11.7. The monoisotopic (exact) mass is 286 g/mol. The number of carbonyl (C=O) groups excluding carboxylic acids is 1. The molecule has 0 radical (unpaired) electrons. The SMILES string of the molecule is O=C1NCc2ccc(Cl)cc2N1CCc1ccccc1. The first kappa shape index (κ1) is 13.0. The van der Waals surface area contributed by atoms with E-state index >= 15 is 0 Å². The van der Waals surface area contributed by atoms with Crippen LogP contribution in [-0.2, 0) is 13.0 Å². The molecule has 20 heavy (non-hydrogen) atoms. The maximum absolute atomic E-state index is 12.1. The first-order chi connectivity index (χ1) is 9.74. The van der Waals surface area contributed by atoms with Crippen molar-refractivity contribution in [3.63, 3.8) is 0 Å². The molecule has 0 unspecified atom stereocenters. The molecule has 4 heteroatoms. The summed E-state index contributed by atoms with van der Waals surface area (Å²) < 4.78 is 0. The van der Waals surface area contributed by atoms with Crippen molar-refractivity contribution in [2.45, 2.75) is 13.0 Å². The number of hydrogen-bond donors (Lipinski definition) is 1. The van der Waals surface area contributed by atoms with E-state index in [4.69, 9.17) is 11.6 Å². The molecule has 0 aromatic heterocycles. The highest BCUT2D eigenvalue weighted by atomic mass is 35.5. The third kappa shape index (κ3) is 2.63. The topological polar surface area (TPSA) is 32.3 Å². The van der Waals surface area contributed by atoms with Gasteiger partial charge in [-0.2, -0.15) is 0 Å². The van der Waals surface area contributed by atoms with Crippen LogP contribution in [-0.4, -0.2) is 12.6 Å². The van der Waals surface area contributed by atoms with Gasteiger partial charge in [-0.25, -0.2) is 4.79 Å². The Morgan fingerprint density at radius 3 is 2.75 bits per heavy atom. The summed E-state index contributed by atoms with van der Waals surface area (Å²) in [6.07, 6.45) is 0.820. The number of hydrogen-bond acceptors (Lipinski definition) is 1. The van der Waals surface area contributed by atoms with Crippen LogP contribution in [0, 0.1) is 0 Å². The summed E-state index contributed by atoms with van der Waals surface area (Å²) in [7, 11) is 0. The average molecular weight is 287 g/mol. The summed E-state index contributed by atoms with van der Waals surface area (Å²) in [5.41, 5.74) is 3.23. The number of rotatable bonds is 3. The summed E-state index contributed by atoms with van der Waals surface area (Å²) in [5, 5.41) is 3.54. The van der Waals surface area contributed by atoms with Gasteiger partial charge in [0.1, 0.15) is 0 Å². The second-order valence-corrected chi connectivity index (χ2v) is 5.26. The zero-order chi connectivity index (χ0) is 13.9. The Bertz CT molecular complexity index is 628. The molecule has 1 heterocycles. The summed E-state index contributed by atoms with van der Waals surface area (Å²) in [6.45, 7) is 1.20. The van der Waals surface area contributed by atoms with Gasteiger partial charge in [-0.15, -0.1) is 0 Å². The number of fused-ring (bicyclic) bond motifs is 1. The van der Waals surface area contributed by atoms with Gasteiger partial charge in [0, 0.05) is 18.1 Å². The lowest BCUT2D eigenvalue weighted by Crippen LogP contribution is -2.45. The number of nitrogens with zero attached hydrogens (tertiary/aromatic N) is 1. The van der Waals surface area contributed by atoms with Crippen molar-refractivity contribution in [1.82, 2.24) is 5.32 Å². The van der Waals surface area contributed by atoms with Crippen molar-refractivity contribution >= 4 is 23.3 Å². The maximum atomic E-state index is 12.1. The van der Waals surface area contributed by atoms with E-state index in [-0.39, 0.29) is 6.03 Å². The van der Waals surface area contributed by atoms with Gasteiger partial charge in [0.15, 0.2) is 0 Å². The number of halogens is 1. The molecular weight excluding hydrogens is 272 g/mol. The fourth-order valence-corrected chi connectivity index (χ4v) is 2.59. The summed E-state index contributed by atoms with van der Waals surface area (Å²) in [4.78, 5) is 13.8. The average Bonchev–Trinajstić information content (AvgIpc) is 2.47. The van der Waals surface area contributed by atoms with Gasteiger partial charge in [0.2, 0.25) is 0 Å². The largest absolute Gasteiger partial charge is 0.334 e. The van der Waals surface area contributed by atoms with Crippen molar-refractivity contribution in [2.75, 3.05) is 11.4 Å². The van der Waals surface area contributed by atoms with Crippen molar-refractivity contribution in [3.05, 3.63) is 64.7 Å². The minimum Gasteiger partial charge on any atom is -0.334 e. The Morgan fingerprint density at radius 2 is 1.95 bits per heavy atom. The maximum Gasteiger partial charge on any atom is 0.322 e. The molecule has 0 saturated heterocycles. The second-order valence-electron chi connectivity index (χ2n) is 4.82. The number of anilines is 1. The molecule has 0 spiro atoms. The van der Waals surface area contributed by atoms with Gasteiger partial charge in [0.05, 0.1) is 5.69 Å². The predicted molar refractivity (Wildman–Crippen MR) is 81.2 cm³/mol. The summed E-state index contributed by atoms with van der Waals surface area (Å²) >= 11 is 6.05. The molecule has 1 N–H and O–H groups in total. The van der Waals surface area contributed by atoms with E-state index in [1.54, 1.807) is 4.90 Å². The van der Waals surface area contributed by atoms with Crippen molar-refractivity contribution in [2.24, 2.45) is 0 Å². The molecule has 102 valence electrons. The van der Waals surface area contributed by atoms with Crippen molar-refractivity contribution in [3.8, 4) is 0 Å². The van der Waals surface area contributed by atoms with Crippen molar-refractivity contribution in [1.29, 1.82) is 0 Å². The van der Waals surface area contributed by atoms with Crippen LogP contribution in [0.1, 0.15) is 11.1 Å². The molecule has 1 aliphatic heterocycles. The third-order valence-corrected chi connectivity index (χ3v) is 3.72. The van der Waals surface area contributed by atoms with E-state index in [2.05, 4.69) is 17.4 Å². The van der Waals surface area contributed by atoms with Crippen LogP contribution in [0.2, 0.25) is 5.02 Å². The van der Waals surface area contributed by atoms with Crippen LogP contribution in [0.25, 0.3) is 0 Å². The Morgan fingerprint density at radius 1 is 1.15 bits per heavy atom. The first-order valence-electron chi connectivity index (χ1n) is 6.62. The number of amides is 2. The van der Waals surface area contributed by atoms with Crippen LogP contribution in [0.15, 0.2) is 48.5 Å². The van der Waals surface area contributed by atoms with Crippen LogP contribution >= 0.6 is 11.6 Å². The van der Waals surface area contributed by atoms with Gasteiger partial charge in [0.25, 0.3) is 0 Å². The highest BCUT2D eigenvalue weighted by Crippen LogP contribution is 2.28. The lowest BCUT2D eigenvalue weighted by atomic mass is 10.1. The minimum atomic E-state index is -0.0595. The van der Waals surface area contributed by atoms with E-state index in [0.717, 1.165) is 17.7 Å². The molecule has 2 amide bonds. The molecule has 0 saturated carbocycles. The van der Waals surface area contributed by atoms with Crippen molar-refractivity contribution < 1.29 is 4.79 Å². The summed E-state index contributed by atoms with van der Waals surface area (Å²) in [6, 6.07) is 15.8. The Labute approximate surface area is 123 Å². The molecule has 0 aliphatic carbocycles. The predicted octanol–water partition coefficient (Wildman–Crippen LogP) is 3.61. The quantitative estimate of drug-likeness (QED) is 0.918. The Hall–Kier alpha value is -2.00. The highest BCUT2D eigenvalue weighted by molar-refractivity contribution is 6.31. The van der Waals surface area contributed by atoms with Gasteiger partial charge in [-0.1, -0.05) is 48.0 Å². The molecule has 0 bridgehead atoms. The normalized spacial score (nSPS) is 13.8. The van der Waals surface area contributed by atoms with Crippen LogP contribution in [0.5, 0.6) is 0 Å². The Kier molecular flexibility index (Phi) is 3.61. The third-order valence-electron chi connectivity index (χ3n) is 3.48. The van der Waals surface area contributed by atoms with E-state index in [1.807, 2.05) is 36.4 Å². The molecule has 3 nitrogen and oxygen atoms in total. The lowest BCUT2D eigenvalue weighted by molar-refractivity contribution is 0.244. The second kappa shape index (κ2) is 5.55. The first-order valence-corrected chi connectivity index (χ1v) is 6.99. The summed E-state index contributed by atoms with van der Waals surface area (Å²) in [5.74, 6) is 0. The van der Waals surface area contributed by atoms with E-state index in [1.165, 1.54) is 5.56 Å². The standard InChI is InChI=1S/C16H15ClN2O/c17-14-7-6-13-11-18-16(20)19(15(13)10-14)9-8-12-4-2-1-3-5-12/h1-7,10H,8-9,11H2,(H,18,20). The zero-order valence-electron chi connectivity index (χ0n) is 11.0. The minimum absolute atomic E-state index is 0.0595. The molecular formula is C16H15ClN2O. The number of nitrogens with one attached hydrogen (secondary N) is 1. The molecule has 0 atom stereocenters. The van der Waals surface area contributed by atoms with Gasteiger partial charge in [-0.3, -0.25) is 4.90 Å². The van der Waals surface area contributed by atoms with Gasteiger partial charge < -0.3 is 5.32 Å². The van der Waals surface area contributed by atoms with E-state index in [0.29, 0.717) is 18.1 Å². The number of benzene rings is 2. The molecule has 0 fully saturated rings. The smallest absolute Gasteiger partial charge is 0.322 e. The van der Waals surface area contributed by atoms with E-state index < -0.39 is 0 Å². The van der Waals surface area contributed by atoms with E-state index in [9.17, 15) is 4.79 Å². The van der Waals surface area contributed by atoms with Crippen LogP contribution in [0.4, 0.5) is 10.5 Å². The van der Waals surface area contributed by atoms with Crippen LogP contribution < -0.4 is 10.2 Å². The molecule has 3 rings (SSSR count). The lowest BCUT2D eigenvalue weighted by Gasteiger charge is -2.30. The van der Waals surface area contributed by atoms with Gasteiger partial charge in [-0.05, 0) is 29.7 Å². The number of urea groups is 1. The molecule has 2 aromatic carbocycles. The molecule has 2 aromatic rings. The Balaban J connectivity index is 1.82. The fraction of sp³-hybridized carbons (Fsp3) is 0.188. The fourth-order valence-electron chi connectivity index (χ4n) is 2.42. The highest BCUT2D eigenvalue weighted by Gasteiger charge is 2.23. The van der Waals surface area contributed by atoms with Crippen LogP contribution in [0.3, 0.4) is 0 Å². The molecule has 1 aliphatic rings.